The Balaban J connectivity index is 1.89. The maximum absolute atomic E-state index is 14.3. The minimum absolute atomic E-state index is 0.330. The van der Waals surface area contributed by atoms with Crippen molar-refractivity contribution in [2.24, 2.45) is 5.92 Å². The Hall–Kier alpha value is -1.62. The van der Waals surface area contributed by atoms with Gasteiger partial charge in [-0.25, -0.2) is 4.39 Å². The van der Waals surface area contributed by atoms with Gasteiger partial charge in [0.1, 0.15) is 5.82 Å². The average molecular weight is 278 g/mol. The molecule has 0 spiro atoms. The lowest BCUT2D eigenvalue weighted by Crippen LogP contribution is -2.33. The number of hydrogen-bond donors (Lipinski definition) is 2. The van der Waals surface area contributed by atoms with Crippen LogP contribution in [0.5, 0.6) is 0 Å². The van der Waals surface area contributed by atoms with Gasteiger partial charge in [-0.2, -0.15) is 0 Å². The van der Waals surface area contributed by atoms with E-state index in [-0.39, 0.29) is 5.82 Å². The Kier molecular flexibility index (Phi) is 3.38. The number of carbonyl (C=O) groups excluding carboxylic acids is 1. The lowest BCUT2D eigenvalue weighted by atomic mass is 9.85. The Morgan fingerprint density at radius 2 is 2.20 bits per heavy atom. The number of halogens is 1. The molecule has 1 atom stereocenters. The number of aliphatic hydroxyl groups excluding tert-OH is 1. The van der Waals surface area contributed by atoms with Crippen LogP contribution in [-0.4, -0.2) is 24.1 Å². The summed E-state index contributed by atoms with van der Waals surface area (Å²) in [6.07, 6.45) is 2.42. The minimum Gasteiger partial charge on any atom is -0.378 e. The molecule has 1 fully saturated rings. The number of anilines is 2. The number of nitrogens with one attached hydrogen (secondary N) is 1. The first-order valence-electron chi connectivity index (χ1n) is 7.17. The molecule has 3 rings (SSSR count). The molecule has 1 unspecified atom stereocenters. The molecule has 1 aliphatic heterocycles. The second-order valence-corrected chi connectivity index (χ2v) is 5.62. The molecule has 0 aromatic heterocycles. The average Bonchev–Trinajstić information content (AvgIpc) is 2.64. The van der Waals surface area contributed by atoms with Gasteiger partial charge in [-0.1, -0.05) is 6.42 Å². The van der Waals surface area contributed by atoms with Gasteiger partial charge in [0, 0.05) is 24.3 Å². The van der Waals surface area contributed by atoms with E-state index in [0.717, 1.165) is 13.1 Å². The van der Waals surface area contributed by atoms with Crippen LogP contribution in [0.3, 0.4) is 0 Å². The molecular formula is C15H19FN2O2. The van der Waals surface area contributed by atoms with Crippen molar-refractivity contribution in [2.75, 3.05) is 23.3 Å². The summed E-state index contributed by atoms with van der Waals surface area (Å²) in [7, 11) is 0. The third-order valence-corrected chi connectivity index (χ3v) is 4.35. The summed E-state index contributed by atoms with van der Waals surface area (Å²) in [4.78, 5) is 13.4. The van der Waals surface area contributed by atoms with E-state index < -0.39 is 12.0 Å². The van der Waals surface area contributed by atoms with Crippen molar-refractivity contribution in [3.8, 4) is 0 Å². The van der Waals surface area contributed by atoms with Gasteiger partial charge in [-0.3, -0.25) is 4.79 Å². The molecule has 1 aliphatic carbocycles. The van der Waals surface area contributed by atoms with E-state index in [1.165, 1.54) is 25.3 Å². The monoisotopic (exact) mass is 278 g/mol. The van der Waals surface area contributed by atoms with Crippen molar-refractivity contribution < 1.29 is 14.3 Å². The van der Waals surface area contributed by atoms with Crippen LogP contribution in [-0.2, 0) is 4.79 Å². The lowest BCUT2D eigenvalue weighted by Gasteiger charge is -2.33. The van der Waals surface area contributed by atoms with Crippen LogP contribution in [0.2, 0.25) is 0 Å². The van der Waals surface area contributed by atoms with Gasteiger partial charge in [0.05, 0.1) is 5.69 Å². The minimum atomic E-state index is -1.25. The van der Waals surface area contributed by atoms with Crippen molar-refractivity contribution >= 4 is 17.3 Å². The zero-order valence-corrected chi connectivity index (χ0v) is 11.5. The van der Waals surface area contributed by atoms with E-state index in [0.29, 0.717) is 22.9 Å². The van der Waals surface area contributed by atoms with Crippen molar-refractivity contribution in [1.29, 1.82) is 0 Å². The van der Waals surface area contributed by atoms with Crippen molar-refractivity contribution in [2.45, 2.75) is 32.3 Å². The predicted molar refractivity (Wildman–Crippen MR) is 75.2 cm³/mol. The highest BCUT2D eigenvalue weighted by molar-refractivity contribution is 6.02. The molecule has 0 bridgehead atoms. The summed E-state index contributed by atoms with van der Waals surface area (Å²) in [5.41, 5.74) is 1.36. The molecule has 108 valence electrons. The summed E-state index contributed by atoms with van der Waals surface area (Å²) >= 11 is 0. The van der Waals surface area contributed by atoms with Gasteiger partial charge in [0.15, 0.2) is 6.10 Å². The van der Waals surface area contributed by atoms with Crippen LogP contribution < -0.4 is 10.2 Å². The standard InChI is InChI=1S/C15H19FN2O2/c1-2-18(8-9-4-3-5-9)13-7-12-10(6-11(13)16)14(19)15(20)17-12/h6-7,9,14,19H,2-5,8H2,1H3,(H,17,20). The highest BCUT2D eigenvalue weighted by atomic mass is 19.1. The zero-order chi connectivity index (χ0) is 14.3. The molecule has 1 aromatic rings. The Bertz CT molecular complexity index is 543. The topological polar surface area (TPSA) is 52.6 Å². The van der Waals surface area contributed by atoms with Crippen LogP contribution in [0.25, 0.3) is 0 Å². The third-order valence-electron chi connectivity index (χ3n) is 4.35. The summed E-state index contributed by atoms with van der Waals surface area (Å²) < 4.78 is 14.3. The first kappa shape index (κ1) is 13.4. The number of amides is 1. The van der Waals surface area contributed by atoms with Crippen molar-refractivity contribution in [1.82, 2.24) is 0 Å². The van der Waals surface area contributed by atoms with Crippen LogP contribution >= 0.6 is 0 Å². The molecule has 1 aromatic carbocycles. The number of hydrogen-bond acceptors (Lipinski definition) is 3. The predicted octanol–water partition coefficient (Wildman–Crippen LogP) is 2.44. The second-order valence-electron chi connectivity index (χ2n) is 5.62. The van der Waals surface area contributed by atoms with Gasteiger partial charge in [0.2, 0.25) is 0 Å². The number of nitrogens with zero attached hydrogens (tertiary/aromatic N) is 1. The Morgan fingerprint density at radius 3 is 2.80 bits per heavy atom. The van der Waals surface area contributed by atoms with E-state index in [2.05, 4.69) is 5.32 Å². The number of carbonyl (C=O) groups is 1. The number of rotatable bonds is 4. The molecular weight excluding hydrogens is 259 g/mol. The summed E-state index contributed by atoms with van der Waals surface area (Å²) in [5.74, 6) is -0.221. The van der Waals surface area contributed by atoms with Gasteiger partial charge in [0.25, 0.3) is 5.91 Å². The van der Waals surface area contributed by atoms with Crippen LogP contribution in [0.4, 0.5) is 15.8 Å². The number of benzene rings is 1. The molecule has 1 heterocycles. The van der Waals surface area contributed by atoms with E-state index >= 15 is 0 Å². The fourth-order valence-corrected chi connectivity index (χ4v) is 2.88. The fraction of sp³-hybridized carbons (Fsp3) is 0.533. The molecule has 1 saturated carbocycles. The quantitative estimate of drug-likeness (QED) is 0.889. The maximum atomic E-state index is 14.3. The van der Waals surface area contributed by atoms with Crippen molar-refractivity contribution in [3.05, 3.63) is 23.5 Å². The highest BCUT2D eigenvalue weighted by Gasteiger charge is 2.31. The molecule has 2 aliphatic rings. The van der Waals surface area contributed by atoms with E-state index in [4.69, 9.17) is 0 Å². The second kappa shape index (κ2) is 5.05. The Morgan fingerprint density at radius 1 is 1.45 bits per heavy atom. The maximum Gasteiger partial charge on any atom is 0.257 e. The zero-order valence-electron chi connectivity index (χ0n) is 11.5. The van der Waals surface area contributed by atoms with E-state index in [1.54, 1.807) is 6.07 Å². The Labute approximate surface area is 117 Å². The van der Waals surface area contributed by atoms with E-state index in [9.17, 15) is 14.3 Å². The number of fused-ring (bicyclic) bond motifs is 1. The van der Waals surface area contributed by atoms with Crippen LogP contribution in [0.1, 0.15) is 37.9 Å². The fourth-order valence-electron chi connectivity index (χ4n) is 2.88. The number of aliphatic hydroxyl groups is 1. The summed E-state index contributed by atoms with van der Waals surface area (Å²) in [6.45, 7) is 3.57. The van der Waals surface area contributed by atoms with Gasteiger partial charge in [-0.05, 0) is 37.8 Å². The molecule has 4 nitrogen and oxygen atoms in total. The normalized spacial score (nSPS) is 21.4. The first-order valence-corrected chi connectivity index (χ1v) is 7.17. The van der Waals surface area contributed by atoms with Crippen LogP contribution in [0.15, 0.2) is 12.1 Å². The SMILES string of the molecule is CCN(CC1CCC1)c1cc2c(cc1F)C(O)C(=O)N2. The molecule has 1 amide bonds. The van der Waals surface area contributed by atoms with Crippen LogP contribution in [0, 0.1) is 11.7 Å². The van der Waals surface area contributed by atoms with Gasteiger partial charge >= 0.3 is 0 Å². The molecule has 5 heteroatoms. The van der Waals surface area contributed by atoms with Gasteiger partial charge < -0.3 is 15.3 Å². The molecule has 0 saturated heterocycles. The van der Waals surface area contributed by atoms with E-state index in [1.807, 2.05) is 11.8 Å². The lowest BCUT2D eigenvalue weighted by molar-refractivity contribution is -0.123. The largest absolute Gasteiger partial charge is 0.378 e. The molecule has 0 radical (unpaired) electrons. The summed E-state index contributed by atoms with van der Waals surface area (Å²) in [5, 5.41) is 12.3. The smallest absolute Gasteiger partial charge is 0.257 e. The van der Waals surface area contributed by atoms with Gasteiger partial charge in [-0.15, -0.1) is 0 Å². The molecule has 2 N–H and O–H groups in total. The third kappa shape index (κ3) is 2.16. The van der Waals surface area contributed by atoms with Crippen molar-refractivity contribution in [3.63, 3.8) is 0 Å². The molecule has 20 heavy (non-hydrogen) atoms. The highest BCUT2D eigenvalue weighted by Crippen LogP contribution is 2.37. The first-order chi connectivity index (χ1) is 9.60. The summed E-state index contributed by atoms with van der Waals surface area (Å²) in [6, 6.07) is 2.91.